The highest BCUT2D eigenvalue weighted by Gasteiger charge is 2.15. The second kappa shape index (κ2) is 13.5. The Bertz CT molecular complexity index is 1620. The molecule has 0 saturated heterocycles. The van der Waals surface area contributed by atoms with E-state index in [2.05, 4.69) is 21.3 Å². The van der Waals surface area contributed by atoms with Crippen LogP contribution in [-0.4, -0.2) is 56.4 Å². The third-order valence-electron chi connectivity index (χ3n) is 6.20. The summed E-state index contributed by atoms with van der Waals surface area (Å²) in [5.41, 5.74) is 1.48. The summed E-state index contributed by atoms with van der Waals surface area (Å²) >= 11 is 0. The summed E-state index contributed by atoms with van der Waals surface area (Å²) in [6, 6.07) is 18.8. The molecule has 0 unspecified atom stereocenters. The summed E-state index contributed by atoms with van der Waals surface area (Å²) in [6.45, 7) is 0. The van der Waals surface area contributed by atoms with Gasteiger partial charge in [-0.1, -0.05) is 24.3 Å². The minimum Gasteiger partial charge on any atom is -0.478 e. The van der Waals surface area contributed by atoms with Crippen molar-refractivity contribution in [2.45, 2.75) is 6.42 Å². The van der Waals surface area contributed by atoms with Gasteiger partial charge in [-0.2, -0.15) is 0 Å². The summed E-state index contributed by atoms with van der Waals surface area (Å²) in [7, 11) is 0. The van der Waals surface area contributed by atoms with E-state index in [1.54, 1.807) is 48.5 Å². The Morgan fingerprint density at radius 1 is 0.400 bits per heavy atom. The molecule has 0 aromatic heterocycles. The van der Waals surface area contributed by atoms with Gasteiger partial charge < -0.3 is 41.7 Å². The number of aromatic carboxylic acids is 4. The van der Waals surface area contributed by atoms with E-state index in [1.807, 2.05) is 0 Å². The van der Waals surface area contributed by atoms with Crippen LogP contribution in [0.15, 0.2) is 84.9 Å². The molecule has 0 radical (unpaired) electrons. The first-order valence-corrected chi connectivity index (χ1v) is 12.9. The van der Waals surface area contributed by atoms with E-state index in [1.165, 1.54) is 0 Å². The first kappa shape index (κ1) is 31.2. The molecule has 0 atom stereocenters. The highest BCUT2D eigenvalue weighted by atomic mass is 16.4. The van der Waals surface area contributed by atoms with Crippen LogP contribution in [-0.2, 0) is 6.42 Å². The van der Waals surface area contributed by atoms with E-state index in [9.17, 15) is 49.2 Å². The number of carboxylic acids is 4. The fourth-order valence-corrected chi connectivity index (χ4v) is 4.13. The van der Waals surface area contributed by atoms with Crippen molar-refractivity contribution >= 4 is 58.7 Å². The third kappa shape index (κ3) is 8.65. The van der Waals surface area contributed by atoms with E-state index in [-0.39, 0.29) is 33.6 Å². The number of nitrogens with one attached hydrogen (secondary N) is 4. The van der Waals surface area contributed by atoms with Gasteiger partial charge in [0.1, 0.15) is 0 Å². The first-order valence-electron chi connectivity index (χ1n) is 12.9. The molecule has 14 heteroatoms. The van der Waals surface area contributed by atoms with Gasteiger partial charge in [0.15, 0.2) is 0 Å². The largest absolute Gasteiger partial charge is 0.478 e. The van der Waals surface area contributed by atoms with Gasteiger partial charge in [0.05, 0.1) is 22.3 Å². The SMILES string of the molecule is O=C(Nc1ccc(Cc2ccc(NC(=O)Nc3cc(C(=O)O)cc(C(=O)O)c3)cc2)cc1)Nc1cc(C(=O)O)cc(C(=O)O)c1. The maximum atomic E-state index is 12.4. The number of urea groups is 2. The molecule has 4 rings (SSSR count). The minimum atomic E-state index is -1.34. The second-order valence-electron chi connectivity index (χ2n) is 9.55. The Kier molecular flexibility index (Phi) is 9.38. The Morgan fingerprint density at radius 2 is 0.667 bits per heavy atom. The van der Waals surface area contributed by atoms with Crippen LogP contribution in [0.2, 0.25) is 0 Å². The number of carbonyl (C=O) groups excluding carboxylic acids is 2. The van der Waals surface area contributed by atoms with Crippen LogP contribution in [0.1, 0.15) is 52.6 Å². The third-order valence-corrected chi connectivity index (χ3v) is 6.20. The molecule has 0 aliphatic rings. The zero-order valence-electron chi connectivity index (χ0n) is 23.0. The number of benzene rings is 4. The molecule has 14 nitrogen and oxygen atoms in total. The number of hydrogen-bond acceptors (Lipinski definition) is 6. The van der Waals surface area contributed by atoms with Crippen LogP contribution in [0, 0.1) is 0 Å². The summed E-state index contributed by atoms with van der Waals surface area (Å²) in [5, 5.41) is 46.8. The highest BCUT2D eigenvalue weighted by Crippen LogP contribution is 2.20. The monoisotopic (exact) mass is 612 g/mol. The molecule has 45 heavy (non-hydrogen) atoms. The van der Waals surface area contributed by atoms with Crippen molar-refractivity contribution in [3.63, 3.8) is 0 Å². The van der Waals surface area contributed by atoms with Crippen molar-refractivity contribution in [2.24, 2.45) is 0 Å². The van der Waals surface area contributed by atoms with Crippen molar-refractivity contribution in [2.75, 3.05) is 21.3 Å². The summed E-state index contributed by atoms with van der Waals surface area (Å²) in [4.78, 5) is 69.9. The second-order valence-corrected chi connectivity index (χ2v) is 9.55. The minimum absolute atomic E-state index is 0.00319. The van der Waals surface area contributed by atoms with E-state index in [0.29, 0.717) is 17.8 Å². The van der Waals surface area contributed by atoms with E-state index < -0.39 is 35.9 Å². The molecule has 0 heterocycles. The van der Waals surface area contributed by atoms with E-state index >= 15 is 0 Å². The van der Waals surface area contributed by atoms with Crippen LogP contribution in [0.4, 0.5) is 32.3 Å². The predicted octanol–water partition coefficient (Wildman–Crippen LogP) is 5.36. The zero-order chi connectivity index (χ0) is 32.7. The van der Waals surface area contributed by atoms with Crippen LogP contribution in [0.25, 0.3) is 0 Å². The number of carbonyl (C=O) groups is 6. The Labute approximate surface area is 254 Å². The number of amides is 4. The van der Waals surface area contributed by atoms with E-state index in [4.69, 9.17) is 0 Å². The summed E-state index contributed by atoms with van der Waals surface area (Å²) in [5.74, 6) is -5.36. The lowest BCUT2D eigenvalue weighted by Gasteiger charge is -2.11. The van der Waals surface area contributed by atoms with Gasteiger partial charge in [-0.3, -0.25) is 0 Å². The van der Waals surface area contributed by atoms with Gasteiger partial charge in [-0.25, -0.2) is 28.8 Å². The molecule has 4 aromatic carbocycles. The van der Waals surface area contributed by atoms with Gasteiger partial charge in [-0.05, 0) is 78.2 Å². The molecule has 0 spiro atoms. The molecule has 8 N–H and O–H groups in total. The molecular formula is C31H24N4O10. The molecule has 228 valence electrons. The maximum Gasteiger partial charge on any atom is 0.335 e. The lowest BCUT2D eigenvalue weighted by Crippen LogP contribution is -2.20. The van der Waals surface area contributed by atoms with Gasteiger partial charge >= 0.3 is 35.9 Å². The van der Waals surface area contributed by atoms with Crippen LogP contribution in [0.3, 0.4) is 0 Å². The van der Waals surface area contributed by atoms with E-state index in [0.717, 1.165) is 47.5 Å². The number of rotatable bonds is 10. The van der Waals surface area contributed by atoms with Crippen LogP contribution < -0.4 is 21.3 Å². The number of carboxylic acid groups (broad SMARTS) is 4. The van der Waals surface area contributed by atoms with Gasteiger partial charge in [0.25, 0.3) is 0 Å². The van der Waals surface area contributed by atoms with Crippen LogP contribution in [0.5, 0.6) is 0 Å². The van der Waals surface area contributed by atoms with Crippen molar-refractivity contribution in [1.82, 2.24) is 0 Å². The lowest BCUT2D eigenvalue weighted by molar-refractivity contribution is 0.0676. The first-order chi connectivity index (χ1) is 21.4. The standard InChI is InChI=1S/C31H24N4O10/c36-26(37)18-10-19(27(38)39)13-24(12-18)34-30(44)32-22-5-1-16(2-6-22)9-17-3-7-23(8-4-17)33-31(45)35-25-14-20(28(40)41)11-21(15-25)29(42)43/h1-8,10-15H,9H2,(H,36,37)(H,38,39)(H,40,41)(H,42,43)(H2,32,34,44)(H2,33,35,45). The van der Waals surface area contributed by atoms with Gasteiger partial charge in [0, 0.05) is 22.7 Å². The van der Waals surface area contributed by atoms with Crippen molar-refractivity contribution in [3.05, 3.63) is 118 Å². The molecular weight excluding hydrogens is 588 g/mol. The molecule has 4 aromatic rings. The number of hydrogen-bond donors (Lipinski definition) is 8. The zero-order valence-corrected chi connectivity index (χ0v) is 23.0. The maximum absolute atomic E-state index is 12.4. The van der Waals surface area contributed by atoms with Crippen molar-refractivity contribution in [1.29, 1.82) is 0 Å². The van der Waals surface area contributed by atoms with Crippen molar-refractivity contribution < 1.29 is 49.2 Å². The quantitative estimate of drug-likeness (QED) is 0.114. The molecule has 0 aliphatic carbocycles. The molecule has 0 aliphatic heterocycles. The molecule has 0 saturated carbocycles. The fraction of sp³-hybridized carbons (Fsp3) is 0.0323. The summed E-state index contributed by atoms with van der Waals surface area (Å²) < 4.78 is 0. The fourth-order valence-electron chi connectivity index (χ4n) is 4.13. The topological polar surface area (TPSA) is 231 Å². The molecule has 4 amide bonds. The van der Waals surface area contributed by atoms with Gasteiger partial charge in [-0.15, -0.1) is 0 Å². The molecule has 0 fully saturated rings. The summed E-state index contributed by atoms with van der Waals surface area (Å²) in [6.07, 6.45) is 0.513. The van der Waals surface area contributed by atoms with Crippen molar-refractivity contribution in [3.8, 4) is 0 Å². The van der Waals surface area contributed by atoms with Crippen LogP contribution >= 0.6 is 0 Å². The average molecular weight is 613 g/mol. The molecule has 0 bridgehead atoms. The Balaban J connectivity index is 1.32. The lowest BCUT2D eigenvalue weighted by atomic mass is 10.0. The Hall–Kier alpha value is -6.70. The average Bonchev–Trinajstić information content (AvgIpc) is 2.98. The normalized spacial score (nSPS) is 10.3. The Morgan fingerprint density at radius 3 is 0.933 bits per heavy atom. The smallest absolute Gasteiger partial charge is 0.335 e. The predicted molar refractivity (Wildman–Crippen MR) is 162 cm³/mol. The highest BCUT2D eigenvalue weighted by molar-refractivity contribution is 6.03. The number of anilines is 4. The van der Waals surface area contributed by atoms with Gasteiger partial charge in [0.2, 0.25) is 0 Å².